The Morgan fingerprint density at radius 3 is 2.73 bits per heavy atom. The Kier molecular flexibility index (Phi) is 7.41. The molecule has 0 saturated carbocycles. The third-order valence-electron chi connectivity index (χ3n) is 7.67. The fourth-order valence-corrected chi connectivity index (χ4v) is 5.54. The minimum atomic E-state index is -1.09. The van der Waals surface area contributed by atoms with E-state index < -0.39 is 64.8 Å². The van der Waals surface area contributed by atoms with Gasteiger partial charge >= 0.3 is 6.16 Å². The summed E-state index contributed by atoms with van der Waals surface area (Å²) < 4.78 is 43.7. The maximum Gasteiger partial charge on any atom is 0.510 e. The van der Waals surface area contributed by atoms with Gasteiger partial charge in [0.2, 0.25) is 18.0 Å². The number of hydrogen-bond donors (Lipinski definition) is 1. The highest BCUT2D eigenvalue weighted by molar-refractivity contribution is 5.99. The number of hydrogen-bond acceptors (Lipinski definition) is 9. The molecule has 1 N–H and O–H groups in total. The van der Waals surface area contributed by atoms with Gasteiger partial charge in [0.1, 0.15) is 17.2 Å². The standard InChI is InChI=1S/C27H28F2N4O8/c1-14-9-27(41-31-14)7-6-15(2)32-12-20(27)33-11-18(24(35)30-10-16-4-5-17(28)8-19(16)29)22(34)23(21(33)25(32)36)39-13-40-26(37)38-3/h4-5,8,11,15,20H,6-7,9-10,12-13H2,1-3H3,(H,30,35)/t15-,20+,27-/m0/s1. The molecule has 0 aliphatic carbocycles. The summed E-state index contributed by atoms with van der Waals surface area (Å²) in [5.41, 5.74) is -1.60. The van der Waals surface area contributed by atoms with E-state index in [4.69, 9.17) is 14.3 Å². The van der Waals surface area contributed by atoms with Crippen molar-refractivity contribution in [2.24, 2.45) is 5.16 Å². The predicted octanol–water partition coefficient (Wildman–Crippen LogP) is 2.89. The Morgan fingerprint density at radius 1 is 1.27 bits per heavy atom. The molecule has 41 heavy (non-hydrogen) atoms. The first-order valence-corrected chi connectivity index (χ1v) is 12.9. The third kappa shape index (κ3) is 5.09. The molecule has 3 aliphatic heterocycles. The first kappa shape index (κ1) is 28.1. The molecule has 1 aromatic carbocycles. The first-order valence-electron chi connectivity index (χ1n) is 12.9. The lowest BCUT2D eigenvalue weighted by molar-refractivity contribution is -0.0657. The van der Waals surface area contributed by atoms with Crippen LogP contribution in [0.3, 0.4) is 0 Å². The molecular formula is C27H28F2N4O8. The molecule has 1 aromatic heterocycles. The highest BCUT2D eigenvalue weighted by Crippen LogP contribution is 2.46. The van der Waals surface area contributed by atoms with Crippen LogP contribution in [0.25, 0.3) is 0 Å². The van der Waals surface area contributed by atoms with Crippen molar-refractivity contribution in [2.45, 2.75) is 57.3 Å². The van der Waals surface area contributed by atoms with E-state index in [-0.39, 0.29) is 30.4 Å². The van der Waals surface area contributed by atoms with Gasteiger partial charge in [-0.15, -0.1) is 0 Å². The predicted molar refractivity (Wildman–Crippen MR) is 138 cm³/mol. The number of pyridine rings is 1. The van der Waals surface area contributed by atoms with Crippen LogP contribution < -0.4 is 15.5 Å². The fourth-order valence-electron chi connectivity index (χ4n) is 5.54. The summed E-state index contributed by atoms with van der Waals surface area (Å²) >= 11 is 0. The Hall–Kier alpha value is -4.49. The topological polar surface area (TPSA) is 138 Å². The fraction of sp³-hybridized carbons (Fsp3) is 0.444. The third-order valence-corrected chi connectivity index (χ3v) is 7.67. The lowest BCUT2D eigenvalue weighted by Gasteiger charge is -2.42. The van der Waals surface area contributed by atoms with Gasteiger partial charge < -0.3 is 33.8 Å². The summed E-state index contributed by atoms with van der Waals surface area (Å²) in [5.74, 6) is -3.55. The van der Waals surface area contributed by atoms with Gasteiger partial charge in [-0.2, -0.15) is 0 Å². The maximum atomic E-state index is 14.2. The number of ether oxygens (including phenoxy) is 3. The van der Waals surface area contributed by atoms with Gasteiger partial charge in [-0.3, -0.25) is 14.4 Å². The number of rotatable bonds is 6. The number of benzene rings is 1. The second kappa shape index (κ2) is 10.8. The number of halogens is 2. The number of carbonyl (C=O) groups excluding carboxylic acids is 3. The van der Waals surface area contributed by atoms with Gasteiger partial charge in [-0.1, -0.05) is 11.2 Å². The van der Waals surface area contributed by atoms with Crippen LogP contribution in [0.4, 0.5) is 13.6 Å². The van der Waals surface area contributed by atoms with E-state index in [2.05, 4.69) is 15.2 Å². The number of nitrogens with zero attached hydrogens (tertiary/aromatic N) is 3. The summed E-state index contributed by atoms with van der Waals surface area (Å²) in [6.45, 7) is 2.81. The smallest absolute Gasteiger partial charge is 0.451 e. The number of oxime groups is 1. The van der Waals surface area contributed by atoms with Crippen LogP contribution >= 0.6 is 0 Å². The van der Waals surface area contributed by atoms with Crippen molar-refractivity contribution in [3.63, 3.8) is 0 Å². The van der Waals surface area contributed by atoms with Crippen molar-refractivity contribution >= 4 is 23.7 Å². The lowest BCUT2D eigenvalue weighted by Crippen LogP contribution is -2.52. The second-order valence-electron chi connectivity index (χ2n) is 10.3. The minimum absolute atomic E-state index is 0.00438. The van der Waals surface area contributed by atoms with E-state index in [9.17, 15) is 28.0 Å². The zero-order valence-corrected chi connectivity index (χ0v) is 22.6. The Bertz CT molecular complexity index is 1510. The number of carbonyl (C=O) groups is 3. The van der Waals surface area contributed by atoms with E-state index in [0.29, 0.717) is 25.3 Å². The molecule has 4 heterocycles. The molecule has 2 amide bonds. The molecule has 14 heteroatoms. The number of methoxy groups -OCH3 is 1. The molecule has 0 radical (unpaired) electrons. The largest absolute Gasteiger partial charge is 0.510 e. The van der Waals surface area contributed by atoms with Gasteiger partial charge in [0.15, 0.2) is 11.3 Å². The average Bonchev–Trinajstić information content (AvgIpc) is 3.27. The van der Waals surface area contributed by atoms with E-state index in [1.54, 1.807) is 4.90 Å². The highest BCUT2D eigenvalue weighted by Gasteiger charge is 2.54. The van der Waals surface area contributed by atoms with Crippen molar-refractivity contribution in [1.82, 2.24) is 14.8 Å². The van der Waals surface area contributed by atoms with E-state index in [1.807, 2.05) is 13.8 Å². The monoisotopic (exact) mass is 574 g/mol. The molecule has 2 bridgehead atoms. The quantitative estimate of drug-likeness (QED) is 0.411. The molecule has 1 saturated heterocycles. The number of aromatic nitrogens is 1. The molecule has 1 spiro atoms. The number of nitrogens with one attached hydrogen (secondary N) is 1. The van der Waals surface area contributed by atoms with Gasteiger partial charge in [0, 0.05) is 43.4 Å². The summed E-state index contributed by atoms with van der Waals surface area (Å²) in [4.78, 5) is 59.8. The molecule has 5 rings (SSSR count). The van der Waals surface area contributed by atoms with E-state index >= 15 is 0 Å². The highest BCUT2D eigenvalue weighted by atomic mass is 19.1. The Balaban J connectivity index is 1.59. The lowest BCUT2D eigenvalue weighted by atomic mass is 9.84. The zero-order chi connectivity index (χ0) is 29.5. The molecule has 2 aromatic rings. The summed E-state index contributed by atoms with van der Waals surface area (Å²) in [5, 5.41) is 6.63. The Morgan fingerprint density at radius 2 is 2.05 bits per heavy atom. The van der Waals surface area contributed by atoms with Crippen LogP contribution in [0.5, 0.6) is 5.75 Å². The maximum absolute atomic E-state index is 14.2. The molecule has 3 atom stereocenters. The average molecular weight is 575 g/mol. The normalized spacial score (nSPS) is 22.8. The van der Waals surface area contributed by atoms with Gasteiger partial charge in [0.25, 0.3) is 11.8 Å². The van der Waals surface area contributed by atoms with Gasteiger partial charge in [0.05, 0.1) is 18.9 Å². The van der Waals surface area contributed by atoms with E-state index in [1.165, 1.54) is 16.8 Å². The van der Waals surface area contributed by atoms with Crippen LogP contribution in [0.1, 0.15) is 65.6 Å². The van der Waals surface area contributed by atoms with Crippen LogP contribution in [-0.2, 0) is 20.9 Å². The molecule has 218 valence electrons. The van der Waals surface area contributed by atoms with Crippen LogP contribution in [-0.4, -0.2) is 65.2 Å². The summed E-state index contributed by atoms with van der Waals surface area (Å²) in [6, 6.07) is 2.13. The van der Waals surface area contributed by atoms with Crippen molar-refractivity contribution in [1.29, 1.82) is 0 Å². The molecular weight excluding hydrogens is 546 g/mol. The van der Waals surface area contributed by atoms with Crippen molar-refractivity contribution in [3.05, 3.63) is 63.1 Å². The molecule has 12 nitrogen and oxygen atoms in total. The molecule has 1 fully saturated rings. The number of amides is 2. The van der Waals surface area contributed by atoms with Crippen LogP contribution in [0.2, 0.25) is 0 Å². The van der Waals surface area contributed by atoms with Crippen molar-refractivity contribution in [3.8, 4) is 5.75 Å². The van der Waals surface area contributed by atoms with E-state index in [0.717, 1.165) is 18.9 Å². The van der Waals surface area contributed by atoms with Crippen molar-refractivity contribution < 1.29 is 42.2 Å². The summed E-state index contributed by atoms with van der Waals surface area (Å²) in [6.07, 6.45) is 1.78. The summed E-state index contributed by atoms with van der Waals surface area (Å²) in [7, 11) is 1.09. The van der Waals surface area contributed by atoms with Gasteiger partial charge in [-0.25, -0.2) is 13.6 Å². The van der Waals surface area contributed by atoms with Crippen molar-refractivity contribution in [2.75, 3.05) is 20.4 Å². The van der Waals surface area contributed by atoms with Crippen LogP contribution in [0.15, 0.2) is 34.3 Å². The molecule has 0 unspecified atom stereocenters. The number of fused-ring (bicyclic) bond motifs is 5. The SMILES string of the molecule is COC(=O)OCOc1c2n(cc(C(=O)NCc3ccc(F)cc3F)c1=O)[C@@H]1CN(C2=O)[C@@H](C)CC[C@]12CC(C)=NO2. The Labute approximate surface area is 232 Å². The molecule has 3 aliphatic rings. The minimum Gasteiger partial charge on any atom is -0.451 e. The second-order valence-corrected chi connectivity index (χ2v) is 10.3. The van der Waals surface area contributed by atoms with Crippen LogP contribution in [0, 0.1) is 11.6 Å². The van der Waals surface area contributed by atoms with Gasteiger partial charge in [-0.05, 0) is 32.8 Å². The zero-order valence-electron chi connectivity index (χ0n) is 22.6. The first-order chi connectivity index (χ1) is 19.5.